The molecule has 2 aromatic carbocycles. The minimum Gasteiger partial charge on any atom is -0.478 e. The summed E-state index contributed by atoms with van der Waals surface area (Å²) in [7, 11) is 0. The first-order chi connectivity index (χ1) is 13.9. The van der Waals surface area contributed by atoms with Crippen LogP contribution in [0.2, 0.25) is 0 Å². The summed E-state index contributed by atoms with van der Waals surface area (Å²) in [6.45, 7) is 3.14. The summed E-state index contributed by atoms with van der Waals surface area (Å²) in [6, 6.07) is 10.5. The van der Waals surface area contributed by atoms with Crippen molar-refractivity contribution in [2.45, 2.75) is 32.9 Å². The summed E-state index contributed by atoms with van der Waals surface area (Å²) < 4.78 is 1.47. The number of fused-ring (bicyclic) bond motifs is 2. The predicted molar refractivity (Wildman–Crippen MR) is 108 cm³/mol. The zero-order valence-electron chi connectivity index (χ0n) is 16.1. The van der Waals surface area contributed by atoms with Crippen LogP contribution in [0, 0.1) is 6.92 Å². The molecule has 4 rings (SSSR count). The summed E-state index contributed by atoms with van der Waals surface area (Å²) in [5.74, 6) is -1.04. The molecule has 7 heteroatoms. The van der Waals surface area contributed by atoms with Gasteiger partial charge in [0.05, 0.1) is 22.8 Å². The van der Waals surface area contributed by atoms with Gasteiger partial charge in [0.2, 0.25) is 5.91 Å². The van der Waals surface area contributed by atoms with Crippen LogP contribution in [0.25, 0.3) is 10.9 Å². The predicted octanol–water partition coefficient (Wildman–Crippen LogP) is 2.38. The normalized spacial score (nSPS) is 13.3. The largest absolute Gasteiger partial charge is 0.478 e. The van der Waals surface area contributed by atoms with Gasteiger partial charge in [0.15, 0.2) is 0 Å². The van der Waals surface area contributed by atoms with Crippen LogP contribution < -0.4 is 5.56 Å². The van der Waals surface area contributed by atoms with Crippen LogP contribution in [0.15, 0.2) is 47.5 Å². The number of carboxylic acids is 1. The van der Waals surface area contributed by atoms with Gasteiger partial charge in [0, 0.05) is 26.1 Å². The maximum absolute atomic E-state index is 12.7. The number of carbonyl (C=O) groups excluding carboxylic acids is 1. The highest BCUT2D eigenvalue weighted by atomic mass is 16.4. The second-order valence-corrected chi connectivity index (χ2v) is 7.32. The Balaban J connectivity index is 1.47. The molecule has 1 aromatic heterocycles. The number of aromatic carboxylic acids is 1. The van der Waals surface area contributed by atoms with Crippen LogP contribution in [-0.4, -0.2) is 38.0 Å². The maximum Gasteiger partial charge on any atom is 0.335 e. The minimum absolute atomic E-state index is 0.0624. The average molecular weight is 391 g/mol. The van der Waals surface area contributed by atoms with E-state index in [0.717, 1.165) is 16.7 Å². The van der Waals surface area contributed by atoms with Gasteiger partial charge >= 0.3 is 5.97 Å². The van der Waals surface area contributed by atoms with Crippen LogP contribution in [0.5, 0.6) is 0 Å². The summed E-state index contributed by atoms with van der Waals surface area (Å²) >= 11 is 0. The first-order valence-corrected chi connectivity index (χ1v) is 9.51. The Kier molecular flexibility index (Phi) is 4.88. The molecule has 0 fully saturated rings. The van der Waals surface area contributed by atoms with E-state index in [4.69, 9.17) is 0 Å². The monoisotopic (exact) mass is 391 g/mol. The van der Waals surface area contributed by atoms with Gasteiger partial charge in [-0.25, -0.2) is 9.78 Å². The number of rotatable bonds is 4. The van der Waals surface area contributed by atoms with Crippen molar-refractivity contribution in [3.63, 3.8) is 0 Å². The van der Waals surface area contributed by atoms with Crippen molar-refractivity contribution in [1.29, 1.82) is 0 Å². The SMILES string of the molecule is Cc1cccc2c(=O)n(CCC(=O)N3CCc4ccc(C(=O)O)cc4C3)cnc12. The smallest absolute Gasteiger partial charge is 0.335 e. The fourth-order valence-electron chi connectivity index (χ4n) is 3.77. The molecule has 148 valence electrons. The second-order valence-electron chi connectivity index (χ2n) is 7.32. The van der Waals surface area contributed by atoms with Crippen molar-refractivity contribution < 1.29 is 14.7 Å². The molecule has 3 aromatic rings. The van der Waals surface area contributed by atoms with E-state index in [1.165, 1.54) is 10.9 Å². The standard InChI is InChI=1S/C22H21N3O4/c1-14-3-2-4-18-20(14)23-13-25(21(18)27)10-8-19(26)24-9-7-15-5-6-16(22(28)29)11-17(15)12-24/h2-6,11,13H,7-10,12H2,1H3,(H,28,29). The van der Waals surface area contributed by atoms with Crippen LogP contribution in [0.4, 0.5) is 0 Å². The van der Waals surface area contributed by atoms with E-state index in [9.17, 15) is 19.5 Å². The Labute approximate surface area is 167 Å². The average Bonchev–Trinajstić information content (AvgIpc) is 2.72. The lowest BCUT2D eigenvalue weighted by Crippen LogP contribution is -2.37. The third kappa shape index (κ3) is 3.63. The molecular formula is C22H21N3O4. The number of hydrogen-bond donors (Lipinski definition) is 1. The zero-order valence-corrected chi connectivity index (χ0v) is 16.1. The Morgan fingerprint density at radius 1 is 1.17 bits per heavy atom. The first-order valence-electron chi connectivity index (χ1n) is 9.51. The molecule has 0 saturated heterocycles. The summed E-state index contributed by atoms with van der Waals surface area (Å²) in [6.07, 6.45) is 2.38. The molecular weight excluding hydrogens is 370 g/mol. The van der Waals surface area contributed by atoms with Crippen LogP contribution in [0.1, 0.15) is 33.5 Å². The van der Waals surface area contributed by atoms with Crippen molar-refractivity contribution >= 4 is 22.8 Å². The number of carbonyl (C=O) groups is 2. The lowest BCUT2D eigenvalue weighted by atomic mass is 9.97. The highest BCUT2D eigenvalue weighted by molar-refractivity contribution is 5.88. The van der Waals surface area contributed by atoms with E-state index in [1.54, 1.807) is 23.1 Å². The lowest BCUT2D eigenvalue weighted by Gasteiger charge is -2.29. The maximum atomic E-state index is 12.7. The number of amides is 1. The van der Waals surface area contributed by atoms with Gasteiger partial charge in [-0.05, 0) is 48.2 Å². The lowest BCUT2D eigenvalue weighted by molar-refractivity contribution is -0.132. The Hall–Kier alpha value is -3.48. The molecule has 1 aliphatic heterocycles. The zero-order chi connectivity index (χ0) is 20.5. The molecule has 0 spiro atoms. The van der Waals surface area contributed by atoms with Gasteiger partial charge in [0.1, 0.15) is 0 Å². The molecule has 7 nitrogen and oxygen atoms in total. The highest BCUT2D eigenvalue weighted by Crippen LogP contribution is 2.21. The van der Waals surface area contributed by atoms with E-state index in [1.807, 2.05) is 25.1 Å². The number of aryl methyl sites for hydroxylation is 2. The molecule has 1 N–H and O–H groups in total. The van der Waals surface area contributed by atoms with E-state index in [-0.39, 0.29) is 30.0 Å². The van der Waals surface area contributed by atoms with Crippen LogP contribution >= 0.6 is 0 Å². The Morgan fingerprint density at radius 3 is 2.79 bits per heavy atom. The van der Waals surface area contributed by atoms with Crippen molar-refractivity contribution in [3.8, 4) is 0 Å². The number of hydrogen-bond acceptors (Lipinski definition) is 4. The van der Waals surface area contributed by atoms with Crippen LogP contribution in [0.3, 0.4) is 0 Å². The molecule has 1 amide bonds. The Morgan fingerprint density at radius 2 is 2.00 bits per heavy atom. The first kappa shape index (κ1) is 18.9. The molecule has 0 aliphatic carbocycles. The third-order valence-corrected chi connectivity index (χ3v) is 5.44. The minimum atomic E-state index is -0.977. The number of para-hydroxylation sites is 1. The van der Waals surface area contributed by atoms with Crippen molar-refractivity contribution in [2.24, 2.45) is 0 Å². The summed E-state index contributed by atoms with van der Waals surface area (Å²) in [5, 5.41) is 9.72. The molecule has 0 saturated carbocycles. The van der Waals surface area contributed by atoms with Gasteiger partial charge in [-0.3, -0.25) is 14.2 Å². The molecule has 0 bridgehead atoms. The fraction of sp³-hybridized carbons (Fsp3) is 0.273. The quantitative estimate of drug-likeness (QED) is 0.737. The molecule has 1 aliphatic rings. The van der Waals surface area contributed by atoms with Crippen LogP contribution in [-0.2, 0) is 24.3 Å². The molecule has 2 heterocycles. The number of carboxylic acid groups (broad SMARTS) is 1. The van der Waals surface area contributed by atoms with Crippen molar-refractivity contribution in [1.82, 2.24) is 14.5 Å². The van der Waals surface area contributed by atoms with Gasteiger partial charge < -0.3 is 10.0 Å². The van der Waals surface area contributed by atoms with Gasteiger partial charge in [-0.2, -0.15) is 0 Å². The molecule has 0 atom stereocenters. The Bertz CT molecular complexity index is 1180. The van der Waals surface area contributed by atoms with E-state index < -0.39 is 5.97 Å². The highest BCUT2D eigenvalue weighted by Gasteiger charge is 2.21. The summed E-state index contributed by atoms with van der Waals surface area (Å²) in [5.41, 5.74) is 3.63. The number of benzene rings is 2. The second kappa shape index (κ2) is 7.50. The number of nitrogens with zero attached hydrogens (tertiary/aromatic N) is 3. The van der Waals surface area contributed by atoms with Crippen molar-refractivity contribution in [2.75, 3.05) is 6.54 Å². The molecule has 0 unspecified atom stereocenters. The number of aromatic nitrogens is 2. The van der Waals surface area contributed by atoms with Crippen molar-refractivity contribution in [3.05, 3.63) is 75.3 Å². The molecule has 0 radical (unpaired) electrons. The topological polar surface area (TPSA) is 92.5 Å². The van der Waals surface area contributed by atoms with Gasteiger partial charge in [0.25, 0.3) is 5.56 Å². The molecule has 29 heavy (non-hydrogen) atoms. The van der Waals surface area contributed by atoms with Gasteiger partial charge in [-0.1, -0.05) is 18.2 Å². The van der Waals surface area contributed by atoms with E-state index in [0.29, 0.717) is 30.4 Å². The van der Waals surface area contributed by atoms with E-state index >= 15 is 0 Å². The van der Waals surface area contributed by atoms with E-state index in [2.05, 4.69) is 4.98 Å². The van der Waals surface area contributed by atoms with Gasteiger partial charge in [-0.15, -0.1) is 0 Å². The fourth-order valence-corrected chi connectivity index (χ4v) is 3.77. The third-order valence-electron chi connectivity index (χ3n) is 5.44. The summed E-state index contributed by atoms with van der Waals surface area (Å²) in [4.78, 5) is 42.7.